The molecule has 1 aromatic rings. The summed E-state index contributed by atoms with van der Waals surface area (Å²) in [5, 5.41) is 12.7. The van der Waals surface area contributed by atoms with Crippen LogP contribution in [-0.2, 0) is 4.79 Å². The molecule has 0 spiro atoms. The molecule has 134 valence electrons. The van der Waals surface area contributed by atoms with Gasteiger partial charge in [-0.05, 0) is 43.2 Å². The maximum Gasteiger partial charge on any atom is 0.317 e. The van der Waals surface area contributed by atoms with E-state index in [-0.39, 0.29) is 6.54 Å². The fraction of sp³-hybridized carbons (Fsp3) is 0.650. The van der Waals surface area contributed by atoms with E-state index >= 15 is 0 Å². The second kappa shape index (κ2) is 9.19. The minimum atomic E-state index is -0.727. The maximum atomic E-state index is 10.9. The average Bonchev–Trinajstić information content (AvgIpc) is 2.51. The Balaban J connectivity index is 1.80. The molecule has 2 rings (SSSR count). The second-order valence-corrected chi connectivity index (χ2v) is 7.42. The first-order chi connectivity index (χ1) is 11.5. The number of rotatable bonds is 10. The van der Waals surface area contributed by atoms with E-state index in [2.05, 4.69) is 54.4 Å². The quantitative estimate of drug-likeness (QED) is 0.690. The number of hydrogen-bond donors (Lipinski definition) is 2. The van der Waals surface area contributed by atoms with Crippen molar-refractivity contribution in [3.63, 3.8) is 0 Å². The van der Waals surface area contributed by atoms with Crippen LogP contribution < -0.4 is 5.32 Å². The summed E-state index contributed by atoms with van der Waals surface area (Å²) >= 11 is 0. The lowest BCUT2D eigenvalue weighted by molar-refractivity contribution is -0.139. The highest BCUT2D eigenvalue weighted by atomic mass is 16.4. The summed E-state index contributed by atoms with van der Waals surface area (Å²) in [6.07, 6.45) is 3.31. The van der Waals surface area contributed by atoms with Crippen LogP contribution in [0.25, 0.3) is 0 Å². The van der Waals surface area contributed by atoms with Crippen LogP contribution in [0.2, 0.25) is 0 Å². The third-order valence-corrected chi connectivity index (χ3v) is 5.05. The highest BCUT2D eigenvalue weighted by Gasteiger charge is 2.33. The van der Waals surface area contributed by atoms with E-state index in [4.69, 9.17) is 5.11 Å². The van der Waals surface area contributed by atoms with Gasteiger partial charge in [-0.2, -0.15) is 0 Å². The van der Waals surface area contributed by atoms with Crippen molar-refractivity contribution in [2.24, 2.45) is 5.92 Å². The van der Waals surface area contributed by atoms with Gasteiger partial charge in [0, 0.05) is 18.6 Å². The van der Waals surface area contributed by atoms with Crippen LogP contribution in [0.5, 0.6) is 0 Å². The molecule has 0 aliphatic heterocycles. The molecule has 1 aromatic carbocycles. The predicted molar refractivity (Wildman–Crippen MR) is 98.3 cm³/mol. The molecule has 1 unspecified atom stereocenters. The summed E-state index contributed by atoms with van der Waals surface area (Å²) in [6, 6.07) is 11.7. The minimum absolute atomic E-state index is 0.161. The lowest BCUT2D eigenvalue weighted by atomic mass is 9.84. The van der Waals surface area contributed by atoms with E-state index in [9.17, 15) is 4.79 Å². The molecule has 2 N–H and O–H groups in total. The Morgan fingerprint density at radius 2 is 1.96 bits per heavy atom. The molecule has 0 bridgehead atoms. The smallest absolute Gasteiger partial charge is 0.317 e. The van der Waals surface area contributed by atoms with Crippen LogP contribution in [0.15, 0.2) is 30.3 Å². The van der Waals surface area contributed by atoms with Gasteiger partial charge in [0.15, 0.2) is 0 Å². The number of carboxylic acid groups (broad SMARTS) is 1. The van der Waals surface area contributed by atoms with Crippen LogP contribution in [0.1, 0.15) is 51.5 Å². The lowest BCUT2D eigenvalue weighted by Crippen LogP contribution is -2.54. The molecule has 1 fully saturated rings. The van der Waals surface area contributed by atoms with Crippen molar-refractivity contribution < 1.29 is 9.90 Å². The van der Waals surface area contributed by atoms with Crippen LogP contribution in [-0.4, -0.2) is 47.7 Å². The van der Waals surface area contributed by atoms with Crippen molar-refractivity contribution >= 4 is 5.97 Å². The van der Waals surface area contributed by atoms with E-state index < -0.39 is 5.97 Å². The van der Waals surface area contributed by atoms with Crippen molar-refractivity contribution in [3.8, 4) is 0 Å². The number of hydrogen-bond acceptors (Lipinski definition) is 3. The predicted octanol–water partition coefficient (Wildman–Crippen LogP) is 3.34. The van der Waals surface area contributed by atoms with E-state index in [1.54, 1.807) is 0 Å². The van der Waals surface area contributed by atoms with Crippen LogP contribution >= 0.6 is 0 Å². The molecular weight excluding hydrogens is 300 g/mol. The van der Waals surface area contributed by atoms with E-state index in [0.29, 0.717) is 23.9 Å². The molecule has 0 aromatic heterocycles. The number of carbonyl (C=O) groups is 1. The van der Waals surface area contributed by atoms with Gasteiger partial charge in [0.25, 0.3) is 0 Å². The monoisotopic (exact) mass is 332 g/mol. The number of nitrogens with one attached hydrogen (secondary N) is 1. The fourth-order valence-electron chi connectivity index (χ4n) is 3.67. The van der Waals surface area contributed by atoms with Crippen LogP contribution in [0, 0.1) is 5.92 Å². The number of likely N-dealkylation sites (N-methyl/N-ethyl adjacent to an activating group) is 1. The molecule has 4 nitrogen and oxygen atoms in total. The van der Waals surface area contributed by atoms with Gasteiger partial charge in [0.2, 0.25) is 0 Å². The van der Waals surface area contributed by atoms with Gasteiger partial charge >= 0.3 is 5.97 Å². The molecule has 0 saturated heterocycles. The summed E-state index contributed by atoms with van der Waals surface area (Å²) < 4.78 is 0. The molecule has 0 amide bonds. The lowest BCUT2D eigenvalue weighted by Gasteiger charge is -2.43. The summed E-state index contributed by atoms with van der Waals surface area (Å²) in [6.45, 7) is 8.57. The molecule has 1 aliphatic rings. The highest BCUT2D eigenvalue weighted by molar-refractivity contribution is 5.69. The third kappa shape index (κ3) is 5.60. The Kier molecular flexibility index (Phi) is 7.25. The van der Waals surface area contributed by atoms with Gasteiger partial charge in [0.1, 0.15) is 0 Å². The zero-order valence-electron chi connectivity index (χ0n) is 15.2. The normalized spacial score (nSPS) is 21.7. The van der Waals surface area contributed by atoms with Crippen LogP contribution in [0.3, 0.4) is 0 Å². The van der Waals surface area contributed by atoms with Crippen molar-refractivity contribution in [1.29, 1.82) is 0 Å². The molecular formula is C20H32N2O2. The Hall–Kier alpha value is -1.39. The number of aliphatic carboxylic acids is 1. The van der Waals surface area contributed by atoms with Gasteiger partial charge in [-0.25, -0.2) is 0 Å². The zero-order chi connectivity index (χ0) is 17.5. The van der Waals surface area contributed by atoms with Crippen molar-refractivity contribution in [2.75, 3.05) is 19.6 Å². The van der Waals surface area contributed by atoms with Crippen molar-refractivity contribution in [3.05, 3.63) is 35.9 Å². The topological polar surface area (TPSA) is 52.6 Å². The number of carboxylic acids is 1. The summed E-state index contributed by atoms with van der Waals surface area (Å²) in [5.74, 6) is 0.498. The summed E-state index contributed by atoms with van der Waals surface area (Å²) in [4.78, 5) is 13.0. The first-order valence-corrected chi connectivity index (χ1v) is 9.23. The van der Waals surface area contributed by atoms with E-state index in [1.807, 2.05) is 6.92 Å². The minimum Gasteiger partial charge on any atom is -0.480 e. The number of benzene rings is 1. The Labute approximate surface area is 146 Å². The SMILES string of the molecule is CCN(CC(=O)O)C1CC(NCC(CC(C)C)c2ccccc2)C1. The molecule has 4 heteroatoms. The molecule has 0 heterocycles. The first kappa shape index (κ1) is 18.9. The van der Waals surface area contributed by atoms with Gasteiger partial charge < -0.3 is 10.4 Å². The first-order valence-electron chi connectivity index (χ1n) is 9.23. The Morgan fingerprint density at radius 3 is 2.50 bits per heavy atom. The third-order valence-electron chi connectivity index (χ3n) is 5.05. The van der Waals surface area contributed by atoms with Gasteiger partial charge in [-0.3, -0.25) is 9.69 Å². The Bertz CT molecular complexity index is 498. The summed E-state index contributed by atoms with van der Waals surface area (Å²) in [5.41, 5.74) is 1.41. The van der Waals surface area contributed by atoms with E-state index in [0.717, 1.165) is 25.9 Å². The van der Waals surface area contributed by atoms with Crippen LogP contribution in [0.4, 0.5) is 0 Å². The summed E-state index contributed by atoms with van der Waals surface area (Å²) in [7, 11) is 0. The molecule has 24 heavy (non-hydrogen) atoms. The largest absolute Gasteiger partial charge is 0.480 e. The number of nitrogens with zero attached hydrogens (tertiary/aromatic N) is 1. The van der Waals surface area contributed by atoms with Crippen molar-refractivity contribution in [2.45, 2.75) is 58.0 Å². The standard InChI is InChI=1S/C20H32N2O2/c1-4-22(14-20(23)24)19-11-18(12-19)21-13-17(10-15(2)3)16-8-6-5-7-9-16/h5-9,15,17-19,21H,4,10-14H2,1-3H3,(H,23,24). The maximum absolute atomic E-state index is 10.9. The molecule has 1 aliphatic carbocycles. The zero-order valence-corrected chi connectivity index (χ0v) is 15.2. The fourth-order valence-corrected chi connectivity index (χ4v) is 3.67. The van der Waals surface area contributed by atoms with Gasteiger partial charge in [0.05, 0.1) is 6.54 Å². The molecule has 0 radical (unpaired) electrons. The highest BCUT2D eigenvalue weighted by Crippen LogP contribution is 2.28. The second-order valence-electron chi connectivity index (χ2n) is 7.42. The molecule has 1 atom stereocenters. The van der Waals surface area contributed by atoms with E-state index in [1.165, 1.54) is 12.0 Å². The van der Waals surface area contributed by atoms with Crippen molar-refractivity contribution in [1.82, 2.24) is 10.2 Å². The molecule has 1 saturated carbocycles. The van der Waals surface area contributed by atoms with Gasteiger partial charge in [-0.15, -0.1) is 0 Å². The Morgan fingerprint density at radius 1 is 1.29 bits per heavy atom. The average molecular weight is 332 g/mol. The van der Waals surface area contributed by atoms with Gasteiger partial charge in [-0.1, -0.05) is 51.1 Å².